The number of hydrogen-bond donors (Lipinski definition) is 3. The lowest BCUT2D eigenvalue weighted by atomic mass is 9.80. The molecule has 0 aliphatic heterocycles. The molecular weight excluding hydrogens is 228 g/mol. The van der Waals surface area contributed by atoms with Crippen LogP contribution in [0.15, 0.2) is 4.99 Å². The minimum Gasteiger partial charge on any atom is -0.388 e. The summed E-state index contributed by atoms with van der Waals surface area (Å²) in [5, 5.41) is 25.5. The van der Waals surface area contributed by atoms with E-state index in [1.165, 1.54) is 0 Å². The third-order valence-corrected chi connectivity index (χ3v) is 4.10. The summed E-state index contributed by atoms with van der Waals surface area (Å²) in [5.41, 5.74) is -0.554. The van der Waals surface area contributed by atoms with E-state index in [9.17, 15) is 5.11 Å². The molecule has 0 amide bonds. The van der Waals surface area contributed by atoms with Gasteiger partial charge in [0, 0.05) is 19.6 Å². The number of nitrogens with one attached hydrogen (secondary N) is 2. The SMILES string of the molecule is CN=C(NCC1(O)CCC1)NC1CCCC1C#N. The highest BCUT2D eigenvalue weighted by Gasteiger charge is 2.34. The fourth-order valence-electron chi connectivity index (χ4n) is 2.67. The summed E-state index contributed by atoms with van der Waals surface area (Å²) in [6, 6.07) is 2.54. The number of hydrogen-bond acceptors (Lipinski definition) is 3. The van der Waals surface area contributed by atoms with E-state index in [0.717, 1.165) is 38.5 Å². The smallest absolute Gasteiger partial charge is 0.191 e. The van der Waals surface area contributed by atoms with Crippen molar-refractivity contribution in [2.75, 3.05) is 13.6 Å². The standard InChI is InChI=1S/C13H22N4O/c1-15-12(16-9-13(18)6-3-7-13)17-11-5-2-4-10(11)8-14/h10-11,18H,2-7,9H2,1H3,(H2,15,16,17). The summed E-state index contributed by atoms with van der Waals surface area (Å²) in [4.78, 5) is 4.16. The van der Waals surface area contributed by atoms with Crippen LogP contribution in [-0.4, -0.2) is 36.3 Å². The molecule has 0 saturated heterocycles. The first-order valence-corrected chi connectivity index (χ1v) is 6.76. The monoisotopic (exact) mass is 250 g/mol. The lowest BCUT2D eigenvalue weighted by Crippen LogP contribution is -2.52. The van der Waals surface area contributed by atoms with E-state index < -0.39 is 5.60 Å². The van der Waals surface area contributed by atoms with Crippen molar-refractivity contribution < 1.29 is 5.11 Å². The molecule has 2 atom stereocenters. The second-order valence-corrected chi connectivity index (χ2v) is 5.42. The second kappa shape index (κ2) is 5.57. The van der Waals surface area contributed by atoms with Gasteiger partial charge in [-0.2, -0.15) is 5.26 Å². The van der Waals surface area contributed by atoms with Gasteiger partial charge in [-0.25, -0.2) is 0 Å². The molecule has 0 spiro atoms. The molecule has 2 saturated carbocycles. The fourth-order valence-corrected chi connectivity index (χ4v) is 2.67. The van der Waals surface area contributed by atoms with Crippen LogP contribution in [-0.2, 0) is 0 Å². The van der Waals surface area contributed by atoms with Gasteiger partial charge in [-0.3, -0.25) is 4.99 Å². The van der Waals surface area contributed by atoms with Crippen LogP contribution < -0.4 is 10.6 Å². The quantitative estimate of drug-likeness (QED) is 0.510. The van der Waals surface area contributed by atoms with Gasteiger partial charge in [0.2, 0.25) is 0 Å². The predicted molar refractivity (Wildman–Crippen MR) is 70.0 cm³/mol. The molecule has 2 aliphatic rings. The van der Waals surface area contributed by atoms with Gasteiger partial charge >= 0.3 is 0 Å². The molecule has 2 aliphatic carbocycles. The van der Waals surface area contributed by atoms with Gasteiger partial charge in [-0.1, -0.05) is 0 Å². The first-order chi connectivity index (χ1) is 8.67. The highest BCUT2D eigenvalue weighted by molar-refractivity contribution is 5.80. The van der Waals surface area contributed by atoms with Crippen LogP contribution in [0.3, 0.4) is 0 Å². The molecule has 5 nitrogen and oxygen atoms in total. The van der Waals surface area contributed by atoms with E-state index in [0.29, 0.717) is 12.5 Å². The zero-order valence-corrected chi connectivity index (χ0v) is 10.9. The van der Waals surface area contributed by atoms with Gasteiger partial charge in [0.05, 0.1) is 17.6 Å². The summed E-state index contributed by atoms with van der Waals surface area (Å²) >= 11 is 0. The molecule has 3 N–H and O–H groups in total. The molecule has 5 heteroatoms. The molecular formula is C13H22N4O. The normalized spacial score (nSPS) is 30.4. The number of rotatable bonds is 3. The fraction of sp³-hybridized carbons (Fsp3) is 0.846. The van der Waals surface area contributed by atoms with Gasteiger partial charge in [0.25, 0.3) is 0 Å². The Bertz CT molecular complexity index is 356. The zero-order valence-electron chi connectivity index (χ0n) is 10.9. The maximum absolute atomic E-state index is 10.0. The lowest BCUT2D eigenvalue weighted by Gasteiger charge is -2.37. The highest BCUT2D eigenvalue weighted by atomic mass is 16.3. The topological polar surface area (TPSA) is 80.4 Å². The second-order valence-electron chi connectivity index (χ2n) is 5.42. The number of aliphatic imine (C=N–C) groups is 1. The average Bonchev–Trinajstić information content (AvgIpc) is 2.79. The first-order valence-electron chi connectivity index (χ1n) is 6.76. The number of guanidine groups is 1. The molecule has 0 aromatic rings. The van der Waals surface area contributed by atoms with Crippen LogP contribution in [0.1, 0.15) is 38.5 Å². The predicted octanol–water partition coefficient (Wildman–Crippen LogP) is 0.759. The van der Waals surface area contributed by atoms with Crippen LogP contribution in [0.4, 0.5) is 0 Å². The molecule has 2 fully saturated rings. The van der Waals surface area contributed by atoms with Gasteiger partial charge in [0.1, 0.15) is 0 Å². The van der Waals surface area contributed by atoms with Crippen LogP contribution >= 0.6 is 0 Å². The molecule has 0 aromatic carbocycles. The Morgan fingerprint density at radius 1 is 1.44 bits per heavy atom. The van der Waals surface area contributed by atoms with Crippen molar-refractivity contribution in [1.29, 1.82) is 5.26 Å². The Morgan fingerprint density at radius 2 is 2.22 bits per heavy atom. The first kappa shape index (κ1) is 13.2. The minimum atomic E-state index is -0.554. The zero-order chi connectivity index (χ0) is 13.0. The van der Waals surface area contributed by atoms with Gasteiger partial charge in [-0.15, -0.1) is 0 Å². The van der Waals surface area contributed by atoms with E-state index >= 15 is 0 Å². The summed E-state index contributed by atoms with van der Waals surface area (Å²) in [6.45, 7) is 0.538. The Labute approximate surface area is 108 Å². The summed E-state index contributed by atoms with van der Waals surface area (Å²) in [5.74, 6) is 0.776. The van der Waals surface area contributed by atoms with E-state index in [1.54, 1.807) is 7.05 Å². The summed E-state index contributed by atoms with van der Waals surface area (Å²) < 4.78 is 0. The van der Waals surface area contributed by atoms with Crippen LogP contribution in [0.25, 0.3) is 0 Å². The Kier molecular flexibility index (Phi) is 4.07. The lowest BCUT2D eigenvalue weighted by molar-refractivity contribution is -0.0279. The van der Waals surface area contributed by atoms with E-state index in [1.807, 2.05) is 0 Å². The third-order valence-electron chi connectivity index (χ3n) is 4.10. The van der Waals surface area contributed by atoms with E-state index in [2.05, 4.69) is 21.7 Å². The van der Waals surface area contributed by atoms with Crippen molar-refractivity contribution in [2.24, 2.45) is 10.9 Å². The van der Waals surface area contributed by atoms with Crippen molar-refractivity contribution in [2.45, 2.75) is 50.2 Å². The molecule has 0 radical (unpaired) electrons. The number of nitrogens with zero attached hydrogens (tertiary/aromatic N) is 2. The summed E-state index contributed by atoms with van der Waals surface area (Å²) in [6.07, 6.45) is 5.90. The Hall–Kier alpha value is -1.28. The molecule has 0 aromatic heterocycles. The largest absolute Gasteiger partial charge is 0.388 e. The average molecular weight is 250 g/mol. The third kappa shape index (κ3) is 2.94. The molecule has 2 unspecified atom stereocenters. The maximum atomic E-state index is 10.0. The van der Waals surface area contributed by atoms with Crippen molar-refractivity contribution in [3.63, 3.8) is 0 Å². The maximum Gasteiger partial charge on any atom is 0.191 e. The van der Waals surface area contributed by atoms with Crippen molar-refractivity contribution in [1.82, 2.24) is 10.6 Å². The van der Waals surface area contributed by atoms with Gasteiger partial charge in [0.15, 0.2) is 5.96 Å². The van der Waals surface area contributed by atoms with Gasteiger partial charge in [-0.05, 0) is 38.5 Å². The van der Waals surface area contributed by atoms with E-state index in [-0.39, 0.29) is 12.0 Å². The van der Waals surface area contributed by atoms with Crippen molar-refractivity contribution in [3.05, 3.63) is 0 Å². The van der Waals surface area contributed by atoms with Crippen molar-refractivity contribution >= 4 is 5.96 Å². The van der Waals surface area contributed by atoms with Crippen LogP contribution in [0, 0.1) is 17.2 Å². The highest BCUT2D eigenvalue weighted by Crippen LogP contribution is 2.30. The molecule has 0 bridgehead atoms. The van der Waals surface area contributed by atoms with Crippen LogP contribution in [0.2, 0.25) is 0 Å². The minimum absolute atomic E-state index is 0.0790. The molecule has 100 valence electrons. The Balaban J connectivity index is 1.80. The Morgan fingerprint density at radius 3 is 2.78 bits per heavy atom. The number of aliphatic hydroxyl groups is 1. The van der Waals surface area contributed by atoms with Crippen molar-refractivity contribution in [3.8, 4) is 6.07 Å². The number of nitriles is 1. The summed E-state index contributed by atoms with van der Waals surface area (Å²) in [7, 11) is 1.72. The van der Waals surface area contributed by atoms with Gasteiger partial charge < -0.3 is 15.7 Å². The molecule has 18 heavy (non-hydrogen) atoms. The van der Waals surface area contributed by atoms with E-state index in [4.69, 9.17) is 5.26 Å². The van der Waals surface area contributed by atoms with Crippen LogP contribution in [0.5, 0.6) is 0 Å². The molecule has 2 rings (SSSR count). The molecule has 0 heterocycles.